The zero-order valence-electron chi connectivity index (χ0n) is 19.9. The van der Waals surface area contributed by atoms with Crippen LogP contribution in [0.3, 0.4) is 0 Å². The number of ether oxygens (including phenoxy) is 2. The largest absolute Gasteiger partial charge is 0.465 e. The van der Waals surface area contributed by atoms with E-state index >= 15 is 0 Å². The first-order valence-electron chi connectivity index (χ1n) is 10.7. The number of aryl methyl sites for hydroxylation is 1. The summed E-state index contributed by atoms with van der Waals surface area (Å²) in [6, 6.07) is 10.6. The van der Waals surface area contributed by atoms with Gasteiger partial charge in [0.2, 0.25) is 0 Å². The average molecular weight is 491 g/mol. The Kier molecular flexibility index (Phi) is 6.64. The molecular formula is C25H22FN5O5. The van der Waals surface area contributed by atoms with Crippen molar-refractivity contribution in [2.45, 2.75) is 6.92 Å². The molecule has 10 nitrogen and oxygen atoms in total. The summed E-state index contributed by atoms with van der Waals surface area (Å²) in [6.07, 6.45) is 2.60. The van der Waals surface area contributed by atoms with Gasteiger partial charge >= 0.3 is 12.1 Å². The van der Waals surface area contributed by atoms with Gasteiger partial charge < -0.3 is 14.4 Å². The third-order valence-electron chi connectivity index (χ3n) is 5.58. The number of anilines is 2. The molecule has 0 radical (unpaired) electrons. The molecule has 0 fully saturated rings. The number of esters is 1. The van der Waals surface area contributed by atoms with Gasteiger partial charge in [-0.05, 0) is 49.4 Å². The standard InChI is InChI=1S/C25H22FN5O5/c1-14-9-16(23(32)30(2)17-6-7-20(26)18(11-17)24(33)35-3)10-21-19(13-28-31(14)21)15-5-8-22(27-12-15)29-25(34)36-4/h5-13H,1-4H3,(H,27,29,34). The molecule has 184 valence electrons. The van der Waals surface area contributed by atoms with E-state index in [0.717, 1.165) is 24.3 Å². The van der Waals surface area contributed by atoms with Gasteiger partial charge in [0.1, 0.15) is 11.6 Å². The van der Waals surface area contributed by atoms with Crippen LogP contribution >= 0.6 is 0 Å². The zero-order chi connectivity index (χ0) is 26.0. The van der Waals surface area contributed by atoms with Crippen molar-refractivity contribution in [2.75, 3.05) is 31.5 Å². The molecular weight excluding hydrogens is 469 g/mol. The normalized spacial score (nSPS) is 10.7. The van der Waals surface area contributed by atoms with Crippen LogP contribution < -0.4 is 10.2 Å². The van der Waals surface area contributed by atoms with E-state index in [1.165, 1.54) is 31.2 Å². The van der Waals surface area contributed by atoms with E-state index in [0.29, 0.717) is 28.3 Å². The summed E-state index contributed by atoms with van der Waals surface area (Å²) in [4.78, 5) is 42.1. The van der Waals surface area contributed by atoms with E-state index in [4.69, 9.17) is 0 Å². The number of nitrogens with one attached hydrogen (secondary N) is 1. The van der Waals surface area contributed by atoms with Gasteiger partial charge in [-0.3, -0.25) is 10.1 Å². The number of carbonyl (C=O) groups is 3. The van der Waals surface area contributed by atoms with Crippen molar-refractivity contribution in [3.63, 3.8) is 0 Å². The maximum Gasteiger partial charge on any atom is 0.412 e. The van der Waals surface area contributed by atoms with Crippen LogP contribution in [0.5, 0.6) is 0 Å². The van der Waals surface area contributed by atoms with Crippen molar-refractivity contribution in [2.24, 2.45) is 0 Å². The number of amides is 2. The van der Waals surface area contributed by atoms with Crippen molar-refractivity contribution >= 4 is 35.0 Å². The van der Waals surface area contributed by atoms with E-state index in [1.807, 2.05) is 6.92 Å². The van der Waals surface area contributed by atoms with Crippen LogP contribution in [-0.4, -0.2) is 53.8 Å². The number of carbonyl (C=O) groups excluding carboxylic acids is 3. The summed E-state index contributed by atoms with van der Waals surface area (Å²) in [5, 5.41) is 6.90. The number of pyridine rings is 2. The molecule has 0 aliphatic carbocycles. The Balaban J connectivity index is 1.68. The molecule has 3 aromatic heterocycles. The fraction of sp³-hybridized carbons (Fsp3) is 0.160. The van der Waals surface area contributed by atoms with Crippen LogP contribution in [0.15, 0.2) is 54.9 Å². The highest BCUT2D eigenvalue weighted by molar-refractivity contribution is 6.07. The van der Waals surface area contributed by atoms with Crippen LogP contribution in [0.1, 0.15) is 26.4 Å². The molecule has 0 unspecified atom stereocenters. The fourth-order valence-corrected chi connectivity index (χ4v) is 3.68. The first kappa shape index (κ1) is 24.3. The molecule has 3 heterocycles. The second-order valence-corrected chi connectivity index (χ2v) is 7.81. The molecule has 0 aliphatic rings. The lowest BCUT2D eigenvalue weighted by molar-refractivity contribution is 0.0595. The first-order chi connectivity index (χ1) is 17.2. The number of methoxy groups -OCH3 is 2. The number of hydrogen-bond donors (Lipinski definition) is 1. The molecule has 2 amide bonds. The van der Waals surface area contributed by atoms with Crippen molar-refractivity contribution in [3.8, 4) is 11.1 Å². The molecule has 4 rings (SSSR count). The quantitative estimate of drug-likeness (QED) is 0.418. The Labute approximate surface area is 205 Å². The van der Waals surface area contributed by atoms with Crippen LogP contribution in [-0.2, 0) is 9.47 Å². The maximum atomic E-state index is 14.1. The first-order valence-corrected chi connectivity index (χ1v) is 10.7. The Hall–Kier alpha value is -4.80. The molecule has 0 saturated carbocycles. The molecule has 0 atom stereocenters. The lowest BCUT2D eigenvalue weighted by Gasteiger charge is -2.19. The van der Waals surface area contributed by atoms with Gasteiger partial charge in [0.15, 0.2) is 0 Å². The Morgan fingerprint density at radius 2 is 1.81 bits per heavy atom. The average Bonchev–Trinajstić information content (AvgIpc) is 3.32. The maximum absolute atomic E-state index is 14.1. The Morgan fingerprint density at radius 3 is 2.47 bits per heavy atom. The monoisotopic (exact) mass is 491 g/mol. The topological polar surface area (TPSA) is 115 Å². The minimum absolute atomic E-state index is 0.267. The van der Waals surface area contributed by atoms with Gasteiger partial charge in [-0.1, -0.05) is 0 Å². The van der Waals surface area contributed by atoms with E-state index in [1.54, 1.807) is 41.2 Å². The van der Waals surface area contributed by atoms with Crippen molar-refractivity contribution in [1.82, 2.24) is 14.6 Å². The predicted molar refractivity (Wildman–Crippen MR) is 130 cm³/mol. The zero-order valence-corrected chi connectivity index (χ0v) is 19.9. The molecule has 0 spiro atoms. The second kappa shape index (κ2) is 9.82. The minimum Gasteiger partial charge on any atom is -0.465 e. The van der Waals surface area contributed by atoms with Crippen molar-refractivity contribution in [3.05, 3.63) is 77.5 Å². The number of rotatable bonds is 5. The van der Waals surface area contributed by atoms with E-state index < -0.39 is 17.9 Å². The number of fused-ring (bicyclic) bond motifs is 1. The number of benzene rings is 1. The molecule has 1 aromatic carbocycles. The van der Waals surface area contributed by atoms with Gasteiger partial charge in [-0.25, -0.2) is 23.5 Å². The molecule has 1 N–H and O–H groups in total. The van der Waals surface area contributed by atoms with Gasteiger partial charge in [-0.2, -0.15) is 5.10 Å². The summed E-state index contributed by atoms with van der Waals surface area (Å²) in [5.74, 6) is -1.63. The molecule has 0 saturated heterocycles. The molecule has 4 aromatic rings. The summed E-state index contributed by atoms with van der Waals surface area (Å²) in [7, 11) is 3.95. The van der Waals surface area contributed by atoms with Gasteiger partial charge in [0, 0.05) is 41.3 Å². The molecule has 36 heavy (non-hydrogen) atoms. The molecule has 0 bridgehead atoms. The van der Waals surface area contributed by atoms with E-state index in [2.05, 4.69) is 24.9 Å². The number of hydrogen-bond acceptors (Lipinski definition) is 7. The minimum atomic E-state index is -0.835. The third-order valence-corrected chi connectivity index (χ3v) is 5.58. The Bertz CT molecular complexity index is 1480. The van der Waals surface area contributed by atoms with Crippen LogP contribution in [0.4, 0.5) is 20.7 Å². The van der Waals surface area contributed by atoms with Crippen LogP contribution in [0.2, 0.25) is 0 Å². The summed E-state index contributed by atoms with van der Waals surface area (Å²) in [6.45, 7) is 1.81. The van der Waals surface area contributed by atoms with Crippen LogP contribution in [0, 0.1) is 12.7 Å². The summed E-state index contributed by atoms with van der Waals surface area (Å²) >= 11 is 0. The van der Waals surface area contributed by atoms with Crippen molar-refractivity contribution in [1.29, 1.82) is 0 Å². The third kappa shape index (κ3) is 4.58. The lowest BCUT2D eigenvalue weighted by atomic mass is 10.1. The van der Waals surface area contributed by atoms with Gasteiger partial charge in [-0.15, -0.1) is 0 Å². The number of nitrogens with zero attached hydrogens (tertiary/aromatic N) is 4. The predicted octanol–water partition coefficient (Wildman–Crippen LogP) is 4.09. The SMILES string of the molecule is COC(=O)Nc1ccc(-c2cnn3c(C)cc(C(=O)N(C)c4ccc(F)c(C(=O)OC)c4)cc23)cn1. The highest BCUT2D eigenvalue weighted by Crippen LogP contribution is 2.28. The highest BCUT2D eigenvalue weighted by Gasteiger charge is 2.20. The van der Waals surface area contributed by atoms with E-state index in [9.17, 15) is 18.8 Å². The van der Waals surface area contributed by atoms with Crippen LogP contribution in [0.25, 0.3) is 16.6 Å². The second-order valence-electron chi connectivity index (χ2n) is 7.81. The van der Waals surface area contributed by atoms with Gasteiger partial charge in [0.25, 0.3) is 5.91 Å². The molecule has 0 aliphatic heterocycles. The smallest absolute Gasteiger partial charge is 0.412 e. The Morgan fingerprint density at radius 1 is 1.03 bits per heavy atom. The fourth-order valence-electron chi connectivity index (χ4n) is 3.68. The highest BCUT2D eigenvalue weighted by atomic mass is 19.1. The number of aromatic nitrogens is 3. The summed E-state index contributed by atoms with van der Waals surface area (Å²) < 4.78 is 24.9. The van der Waals surface area contributed by atoms with E-state index in [-0.39, 0.29) is 11.5 Å². The van der Waals surface area contributed by atoms with Crippen molar-refractivity contribution < 1.29 is 28.2 Å². The number of halogens is 1. The lowest BCUT2D eigenvalue weighted by Crippen LogP contribution is -2.27. The summed E-state index contributed by atoms with van der Waals surface area (Å²) in [5.41, 5.74) is 3.24. The molecule has 11 heteroatoms. The van der Waals surface area contributed by atoms with Gasteiger partial charge in [0.05, 0.1) is 31.5 Å².